The number of aryl methyl sites for hydroxylation is 2. The quantitative estimate of drug-likeness (QED) is 0.806. The molecule has 0 fully saturated rings. The van der Waals surface area contributed by atoms with Gasteiger partial charge in [-0.3, -0.25) is 15.1 Å². The van der Waals surface area contributed by atoms with Crippen LogP contribution in [0.25, 0.3) is 0 Å². The van der Waals surface area contributed by atoms with Gasteiger partial charge in [-0.25, -0.2) is 4.98 Å². The van der Waals surface area contributed by atoms with Gasteiger partial charge in [-0.1, -0.05) is 0 Å². The Hall–Kier alpha value is -2.57. The van der Waals surface area contributed by atoms with Crippen molar-refractivity contribution in [2.24, 2.45) is 0 Å². The first-order valence-electron chi connectivity index (χ1n) is 5.26. The summed E-state index contributed by atoms with van der Waals surface area (Å²) >= 11 is 0. The standard InChI is InChI=1S/C11H12N6O/c1-6-7(2)16-17-11(14-6)15-10(18)8-5-13-4-3-9(8)12/h3-5H,1-2H3,(H2,12,13)(H,14,15,17,18). The number of carbonyl (C=O) groups is 1. The van der Waals surface area contributed by atoms with Crippen LogP contribution >= 0.6 is 0 Å². The van der Waals surface area contributed by atoms with Crippen molar-refractivity contribution in [3.8, 4) is 0 Å². The van der Waals surface area contributed by atoms with E-state index in [1.54, 1.807) is 19.9 Å². The van der Waals surface area contributed by atoms with Crippen molar-refractivity contribution in [2.75, 3.05) is 11.1 Å². The van der Waals surface area contributed by atoms with Gasteiger partial charge in [-0.15, -0.1) is 5.10 Å². The molecule has 7 nitrogen and oxygen atoms in total. The van der Waals surface area contributed by atoms with Crippen molar-refractivity contribution in [3.05, 3.63) is 35.4 Å². The van der Waals surface area contributed by atoms with Crippen LogP contribution in [0.5, 0.6) is 0 Å². The molecular weight excluding hydrogens is 232 g/mol. The van der Waals surface area contributed by atoms with Crippen molar-refractivity contribution >= 4 is 17.5 Å². The Bertz CT molecular complexity index is 598. The fourth-order valence-electron chi connectivity index (χ4n) is 1.27. The SMILES string of the molecule is Cc1nnc(NC(=O)c2cnccc2N)nc1C. The van der Waals surface area contributed by atoms with Crippen molar-refractivity contribution < 1.29 is 4.79 Å². The summed E-state index contributed by atoms with van der Waals surface area (Å²) in [5.74, 6) is -0.267. The Morgan fingerprint density at radius 1 is 1.28 bits per heavy atom. The number of rotatable bonds is 2. The van der Waals surface area contributed by atoms with E-state index in [4.69, 9.17) is 5.73 Å². The third kappa shape index (κ3) is 2.40. The van der Waals surface area contributed by atoms with Gasteiger partial charge in [0.25, 0.3) is 5.91 Å². The molecule has 2 aromatic rings. The van der Waals surface area contributed by atoms with Gasteiger partial charge in [0.15, 0.2) is 0 Å². The first-order chi connectivity index (χ1) is 8.58. The van der Waals surface area contributed by atoms with Crippen molar-refractivity contribution in [1.29, 1.82) is 0 Å². The highest BCUT2D eigenvalue weighted by Gasteiger charge is 2.12. The zero-order chi connectivity index (χ0) is 13.1. The van der Waals surface area contributed by atoms with E-state index in [2.05, 4.69) is 25.5 Å². The van der Waals surface area contributed by atoms with Gasteiger partial charge in [-0.05, 0) is 19.9 Å². The molecule has 0 aliphatic rings. The predicted octanol–water partition coefficient (Wildman–Crippen LogP) is 0.718. The van der Waals surface area contributed by atoms with Crippen LogP contribution in [0.1, 0.15) is 21.7 Å². The molecule has 1 amide bonds. The Labute approximate surface area is 103 Å². The van der Waals surface area contributed by atoms with Gasteiger partial charge < -0.3 is 5.73 Å². The first kappa shape index (κ1) is 11.9. The fourth-order valence-corrected chi connectivity index (χ4v) is 1.27. The molecule has 0 radical (unpaired) electrons. The molecule has 0 spiro atoms. The number of carbonyl (C=O) groups excluding carboxylic acids is 1. The lowest BCUT2D eigenvalue weighted by Gasteiger charge is -2.06. The van der Waals surface area contributed by atoms with Crippen LogP contribution in [0.4, 0.5) is 11.6 Å². The number of nitrogens with two attached hydrogens (primary N) is 1. The van der Waals surface area contributed by atoms with Crippen molar-refractivity contribution in [3.63, 3.8) is 0 Å². The molecule has 0 bridgehead atoms. The van der Waals surface area contributed by atoms with Crippen LogP contribution in [-0.2, 0) is 0 Å². The van der Waals surface area contributed by atoms with Crippen molar-refractivity contribution in [1.82, 2.24) is 20.2 Å². The summed E-state index contributed by atoms with van der Waals surface area (Å²) < 4.78 is 0. The van der Waals surface area contributed by atoms with Crippen LogP contribution in [0, 0.1) is 13.8 Å². The summed E-state index contributed by atoms with van der Waals surface area (Å²) in [6, 6.07) is 1.55. The van der Waals surface area contributed by atoms with Crippen LogP contribution in [0.3, 0.4) is 0 Å². The molecule has 2 heterocycles. The summed E-state index contributed by atoms with van der Waals surface area (Å²) in [5, 5.41) is 10.2. The van der Waals surface area contributed by atoms with Crippen molar-refractivity contribution in [2.45, 2.75) is 13.8 Å². The molecule has 0 saturated heterocycles. The molecular formula is C11H12N6O. The third-order valence-corrected chi connectivity index (χ3v) is 2.42. The molecule has 3 N–H and O–H groups in total. The third-order valence-electron chi connectivity index (χ3n) is 2.42. The summed E-state index contributed by atoms with van der Waals surface area (Å²) in [4.78, 5) is 19.8. The van der Waals surface area contributed by atoms with Gasteiger partial charge in [0, 0.05) is 18.1 Å². The van der Waals surface area contributed by atoms with E-state index in [0.717, 1.165) is 0 Å². The number of nitrogens with zero attached hydrogens (tertiary/aromatic N) is 4. The number of nitrogen functional groups attached to an aromatic ring is 1. The van der Waals surface area contributed by atoms with E-state index < -0.39 is 5.91 Å². The van der Waals surface area contributed by atoms with E-state index >= 15 is 0 Å². The predicted molar refractivity (Wildman–Crippen MR) is 65.9 cm³/mol. The van der Waals surface area contributed by atoms with Gasteiger partial charge in [0.05, 0.1) is 17.0 Å². The number of amides is 1. The second-order valence-corrected chi connectivity index (χ2v) is 3.72. The molecule has 92 valence electrons. The summed E-state index contributed by atoms with van der Waals surface area (Å²) in [6.07, 6.45) is 2.90. The first-order valence-corrected chi connectivity index (χ1v) is 5.26. The molecule has 0 saturated carbocycles. The largest absolute Gasteiger partial charge is 0.398 e. The zero-order valence-corrected chi connectivity index (χ0v) is 10.0. The Kier molecular flexibility index (Phi) is 3.13. The monoisotopic (exact) mass is 244 g/mol. The molecule has 2 rings (SSSR count). The highest BCUT2D eigenvalue weighted by atomic mass is 16.1. The molecule has 7 heteroatoms. The summed E-state index contributed by atoms with van der Waals surface area (Å²) in [5.41, 5.74) is 7.72. The lowest BCUT2D eigenvalue weighted by Crippen LogP contribution is -2.17. The van der Waals surface area contributed by atoms with Crippen LogP contribution in [-0.4, -0.2) is 26.1 Å². The normalized spacial score (nSPS) is 10.1. The van der Waals surface area contributed by atoms with E-state index in [1.165, 1.54) is 12.4 Å². The minimum absolute atomic E-state index is 0.145. The van der Waals surface area contributed by atoms with E-state index in [9.17, 15) is 4.79 Å². The van der Waals surface area contributed by atoms with E-state index in [0.29, 0.717) is 17.1 Å². The van der Waals surface area contributed by atoms with Gasteiger partial charge >= 0.3 is 0 Å². The lowest BCUT2D eigenvalue weighted by molar-refractivity contribution is 0.102. The second kappa shape index (κ2) is 4.74. The number of nitrogens with one attached hydrogen (secondary N) is 1. The molecule has 0 atom stereocenters. The summed E-state index contributed by atoms with van der Waals surface area (Å²) in [7, 11) is 0. The molecule has 18 heavy (non-hydrogen) atoms. The minimum Gasteiger partial charge on any atom is -0.398 e. The number of hydrogen-bond acceptors (Lipinski definition) is 6. The van der Waals surface area contributed by atoms with Gasteiger partial charge in [0.1, 0.15) is 0 Å². The van der Waals surface area contributed by atoms with Crippen LogP contribution < -0.4 is 11.1 Å². The molecule has 0 aliphatic heterocycles. The lowest BCUT2D eigenvalue weighted by atomic mass is 10.2. The zero-order valence-electron chi connectivity index (χ0n) is 10.0. The fraction of sp³-hybridized carbons (Fsp3) is 0.182. The molecule has 2 aromatic heterocycles. The van der Waals surface area contributed by atoms with Crippen LogP contribution in [0.2, 0.25) is 0 Å². The highest BCUT2D eigenvalue weighted by molar-refractivity contribution is 6.06. The number of pyridine rings is 1. The maximum atomic E-state index is 11.9. The second-order valence-electron chi connectivity index (χ2n) is 3.72. The van der Waals surface area contributed by atoms with Gasteiger partial charge in [0.2, 0.25) is 5.95 Å². The maximum Gasteiger partial charge on any atom is 0.261 e. The number of hydrogen-bond donors (Lipinski definition) is 2. The van der Waals surface area contributed by atoms with E-state index in [1.807, 2.05) is 0 Å². The molecule has 0 aromatic carbocycles. The highest BCUT2D eigenvalue weighted by Crippen LogP contribution is 2.10. The van der Waals surface area contributed by atoms with Gasteiger partial charge in [-0.2, -0.15) is 5.10 Å². The molecule has 0 aliphatic carbocycles. The Morgan fingerprint density at radius 3 is 2.72 bits per heavy atom. The average molecular weight is 244 g/mol. The maximum absolute atomic E-state index is 11.9. The average Bonchev–Trinajstić information content (AvgIpc) is 2.34. The number of aromatic nitrogens is 4. The molecule has 0 unspecified atom stereocenters. The van der Waals surface area contributed by atoms with E-state index in [-0.39, 0.29) is 11.5 Å². The van der Waals surface area contributed by atoms with Crippen LogP contribution in [0.15, 0.2) is 18.5 Å². The number of anilines is 2. The minimum atomic E-state index is -0.411. The Balaban J connectivity index is 2.22. The smallest absolute Gasteiger partial charge is 0.261 e. The Morgan fingerprint density at radius 2 is 2.06 bits per heavy atom. The topological polar surface area (TPSA) is 107 Å². The summed E-state index contributed by atoms with van der Waals surface area (Å²) in [6.45, 7) is 3.58.